The SMILES string of the molecule is N#Cc1ccc(-c2nccn2CCC2CCCOC2)cc1. The molecule has 3 rings (SSSR count). The fraction of sp³-hybridized carbons (Fsp3) is 0.412. The third-order valence-electron chi connectivity index (χ3n) is 4.02. The summed E-state index contributed by atoms with van der Waals surface area (Å²) in [5, 5.41) is 8.86. The molecule has 0 amide bonds. The van der Waals surface area contributed by atoms with Gasteiger partial charge < -0.3 is 9.30 Å². The van der Waals surface area contributed by atoms with Gasteiger partial charge in [0.2, 0.25) is 0 Å². The van der Waals surface area contributed by atoms with Crippen LogP contribution in [0.1, 0.15) is 24.8 Å². The van der Waals surface area contributed by atoms with Crippen molar-refractivity contribution in [3.8, 4) is 17.5 Å². The van der Waals surface area contributed by atoms with Crippen LogP contribution in [0.2, 0.25) is 0 Å². The van der Waals surface area contributed by atoms with Gasteiger partial charge in [0.05, 0.1) is 11.6 Å². The molecule has 0 radical (unpaired) electrons. The van der Waals surface area contributed by atoms with Crippen LogP contribution < -0.4 is 0 Å². The lowest BCUT2D eigenvalue weighted by Gasteiger charge is -2.22. The van der Waals surface area contributed by atoms with Crippen LogP contribution >= 0.6 is 0 Å². The van der Waals surface area contributed by atoms with Crippen molar-refractivity contribution in [2.45, 2.75) is 25.8 Å². The smallest absolute Gasteiger partial charge is 0.139 e. The van der Waals surface area contributed by atoms with Gasteiger partial charge in [-0.3, -0.25) is 0 Å². The van der Waals surface area contributed by atoms with Crippen molar-refractivity contribution in [1.29, 1.82) is 5.26 Å². The number of hydrogen-bond donors (Lipinski definition) is 0. The van der Waals surface area contributed by atoms with Crippen LogP contribution in [0.4, 0.5) is 0 Å². The third-order valence-corrected chi connectivity index (χ3v) is 4.02. The largest absolute Gasteiger partial charge is 0.381 e. The molecule has 21 heavy (non-hydrogen) atoms. The molecule has 1 aliphatic heterocycles. The van der Waals surface area contributed by atoms with Crippen LogP contribution in [0, 0.1) is 17.2 Å². The molecule has 1 atom stereocenters. The highest BCUT2D eigenvalue weighted by Gasteiger charge is 2.14. The number of nitrogens with zero attached hydrogens (tertiary/aromatic N) is 3. The van der Waals surface area contributed by atoms with E-state index in [1.807, 2.05) is 36.7 Å². The van der Waals surface area contributed by atoms with Gasteiger partial charge in [0.1, 0.15) is 5.82 Å². The first-order chi connectivity index (χ1) is 10.4. The average molecular weight is 281 g/mol. The number of nitriles is 1. The molecule has 1 aromatic carbocycles. The van der Waals surface area contributed by atoms with E-state index in [0.717, 1.165) is 37.6 Å². The number of aryl methyl sites for hydroxylation is 1. The second-order valence-corrected chi connectivity index (χ2v) is 5.51. The van der Waals surface area contributed by atoms with Crippen LogP contribution in [-0.2, 0) is 11.3 Å². The second kappa shape index (κ2) is 6.55. The number of benzene rings is 1. The summed E-state index contributed by atoms with van der Waals surface area (Å²) >= 11 is 0. The van der Waals surface area contributed by atoms with E-state index in [1.54, 1.807) is 0 Å². The van der Waals surface area contributed by atoms with E-state index >= 15 is 0 Å². The monoisotopic (exact) mass is 281 g/mol. The number of rotatable bonds is 4. The molecule has 2 aromatic rings. The summed E-state index contributed by atoms with van der Waals surface area (Å²) in [4.78, 5) is 4.45. The van der Waals surface area contributed by atoms with Gasteiger partial charge in [0.25, 0.3) is 0 Å². The van der Waals surface area contributed by atoms with Crippen molar-refractivity contribution in [3.63, 3.8) is 0 Å². The molecule has 0 bridgehead atoms. The van der Waals surface area contributed by atoms with Crippen molar-refractivity contribution in [2.24, 2.45) is 5.92 Å². The van der Waals surface area contributed by atoms with Gasteiger partial charge in [-0.1, -0.05) is 0 Å². The van der Waals surface area contributed by atoms with Crippen LogP contribution in [0.3, 0.4) is 0 Å². The lowest BCUT2D eigenvalue weighted by Crippen LogP contribution is -2.19. The van der Waals surface area contributed by atoms with Crippen LogP contribution in [-0.4, -0.2) is 22.8 Å². The molecule has 4 nitrogen and oxygen atoms in total. The summed E-state index contributed by atoms with van der Waals surface area (Å²) in [6, 6.07) is 9.73. The topological polar surface area (TPSA) is 50.8 Å². The molecule has 1 fully saturated rings. The highest BCUT2D eigenvalue weighted by atomic mass is 16.5. The molecule has 4 heteroatoms. The Morgan fingerprint density at radius 2 is 2.19 bits per heavy atom. The van der Waals surface area contributed by atoms with E-state index in [1.165, 1.54) is 12.8 Å². The normalized spacial score (nSPS) is 18.3. The van der Waals surface area contributed by atoms with Crippen LogP contribution in [0.25, 0.3) is 11.4 Å². The van der Waals surface area contributed by atoms with Gasteiger partial charge in [0.15, 0.2) is 0 Å². The molecule has 108 valence electrons. The van der Waals surface area contributed by atoms with Gasteiger partial charge in [-0.15, -0.1) is 0 Å². The summed E-state index contributed by atoms with van der Waals surface area (Å²) in [5.41, 5.74) is 1.73. The minimum Gasteiger partial charge on any atom is -0.381 e. The lowest BCUT2D eigenvalue weighted by atomic mass is 9.98. The number of hydrogen-bond acceptors (Lipinski definition) is 3. The van der Waals surface area contributed by atoms with Crippen molar-refractivity contribution in [3.05, 3.63) is 42.2 Å². The van der Waals surface area contributed by atoms with E-state index in [0.29, 0.717) is 11.5 Å². The average Bonchev–Trinajstić information content (AvgIpc) is 3.02. The number of ether oxygens (including phenoxy) is 1. The molecular weight excluding hydrogens is 262 g/mol. The van der Waals surface area contributed by atoms with Gasteiger partial charge in [0, 0.05) is 37.7 Å². The van der Waals surface area contributed by atoms with E-state index in [2.05, 4.69) is 15.6 Å². The molecule has 0 saturated carbocycles. The zero-order valence-corrected chi connectivity index (χ0v) is 12.0. The zero-order valence-electron chi connectivity index (χ0n) is 12.0. The molecule has 2 heterocycles. The molecule has 1 aromatic heterocycles. The maximum Gasteiger partial charge on any atom is 0.139 e. The molecule has 0 N–H and O–H groups in total. The van der Waals surface area contributed by atoms with E-state index in [4.69, 9.17) is 10.00 Å². The Morgan fingerprint density at radius 3 is 2.90 bits per heavy atom. The van der Waals surface area contributed by atoms with Crippen molar-refractivity contribution >= 4 is 0 Å². The molecular formula is C17H19N3O. The first-order valence-corrected chi connectivity index (χ1v) is 7.46. The van der Waals surface area contributed by atoms with Gasteiger partial charge in [-0.2, -0.15) is 5.26 Å². The quantitative estimate of drug-likeness (QED) is 0.864. The Morgan fingerprint density at radius 1 is 1.33 bits per heavy atom. The number of imidazole rings is 1. The van der Waals surface area contributed by atoms with Crippen LogP contribution in [0.5, 0.6) is 0 Å². The minimum absolute atomic E-state index is 0.662. The highest BCUT2D eigenvalue weighted by molar-refractivity contribution is 5.57. The molecule has 1 saturated heterocycles. The van der Waals surface area contributed by atoms with Crippen molar-refractivity contribution in [1.82, 2.24) is 9.55 Å². The minimum atomic E-state index is 0.662. The summed E-state index contributed by atoms with van der Waals surface area (Å²) in [5.74, 6) is 1.63. The molecule has 1 unspecified atom stereocenters. The van der Waals surface area contributed by atoms with E-state index in [9.17, 15) is 0 Å². The lowest BCUT2D eigenvalue weighted by molar-refractivity contribution is 0.0501. The third kappa shape index (κ3) is 3.32. The Bertz CT molecular complexity index is 618. The van der Waals surface area contributed by atoms with Gasteiger partial charge >= 0.3 is 0 Å². The standard InChI is InChI=1S/C17H19N3O/c18-12-14-3-5-16(6-4-14)17-19-8-10-20(17)9-7-15-2-1-11-21-13-15/h3-6,8,10,15H,1-2,7,9,11,13H2. The maximum absolute atomic E-state index is 8.86. The predicted octanol–water partition coefficient (Wildman–Crippen LogP) is 3.24. The van der Waals surface area contributed by atoms with E-state index < -0.39 is 0 Å². The summed E-state index contributed by atoms with van der Waals surface area (Å²) in [6.45, 7) is 2.77. The summed E-state index contributed by atoms with van der Waals surface area (Å²) < 4.78 is 7.73. The molecule has 1 aliphatic rings. The molecule has 0 spiro atoms. The van der Waals surface area contributed by atoms with Crippen molar-refractivity contribution < 1.29 is 4.74 Å². The van der Waals surface area contributed by atoms with Crippen molar-refractivity contribution in [2.75, 3.05) is 13.2 Å². The fourth-order valence-electron chi connectivity index (χ4n) is 2.80. The Hall–Kier alpha value is -2.12. The first kappa shape index (κ1) is 13.8. The van der Waals surface area contributed by atoms with Crippen LogP contribution in [0.15, 0.2) is 36.7 Å². The fourth-order valence-corrected chi connectivity index (χ4v) is 2.80. The van der Waals surface area contributed by atoms with Gasteiger partial charge in [-0.05, 0) is 49.4 Å². The van der Waals surface area contributed by atoms with E-state index in [-0.39, 0.29) is 0 Å². The summed E-state index contributed by atoms with van der Waals surface area (Å²) in [7, 11) is 0. The molecule has 0 aliphatic carbocycles. The predicted molar refractivity (Wildman–Crippen MR) is 80.5 cm³/mol. The summed E-state index contributed by atoms with van der Waals surface area (Å²) in [6.07, 6.45) is 7.43. The highest BCUT2D eigenvalue weighted by Crippen LogP contribution is 2.21. The first-order valence-electron chi connectivity index (χ1n) is 7.46. The zero-order chi connectivity index (χ0) is 14.5. The maximum atomic E-state index is 8.86. The number of aromatic nitrogens is 2. The Balaban J connectivity index is 1.69. The second-order valence-electron chi connectivity index (χ2n) is 5.51. The Kier molecular flexibility index (Phi) is 4.32. The Labute approximate surface area is 125 Å². The van der Waals surface area contributed by atoms with Gasteiger partial charge in [-0.25, -0.2) is 4.98 Å².